The van der Waals surface area contributed by atoms with Crippen LogP contribution in [0.2, 0.25) is 0 Å². The van der Waals surface area contributed by atoms with Gasteiger partial charge >= 0.3 is 6.09 Å². The second-order valence-electron chi connectivity index (χ2n) is 11.6. The fourth-order valence-corrected chi connectivity index (χ4v) is 5.37. The molecule has 2 aromatic rings. The third-order valence-corrected chi connectivity index (χ3v) is 7.51. The molecule has 1 aliphatic carbocycles. The van der Waals surface area contributed by atoms with Gasteiger partial charge in [-0.05, 0) is 70.4 Å². The van der Waals surface area contributed by atoms with E-state index < -0.39 is 5.60 Å². The summed E-state index contributed by atoms with van der Waals surface area (Å²) in [5, 5.41) is 16.2. The molecule has 9 heteroatoms. The smallest absolute Gasteiger partial charge is 0.407 e. The monoisotopic (exact) mass is 525 g/mol. The van der Waals surface area contributed by atoms with Gasteiger partial charge in [-0.2, -0.15) is 0 Å². The minimum atomic E-state index is -0.490. The summed E-state index contributed by atoms with van der Waals surface area (Å²) >= 11 is 0. The summed E-state index contributed by atoms with van der Waals surface area (Å²) in [6.45, 7) is 11.1. The quantitative estimate of drug-likeness (QED) is 0.485. The minimum absolute atomic E-state index is 0.0579. The highest BCUT2D eigenvalue weighted by molar-refractivity contribution is 6.07. The highest BCUT2D eigenvalue weighted by Crippen LogP contribution is 2.29. The number of aliphatic hydroxyl groups is 1. The van der Waals surface area contributed by atoms with E-state index in [1.807, 2.05) is 51.1 Å². The molecule has 2 heterocycles. The number of amides is 2. The summed E-state index contributed by atoms with van der Waals surface area (Å²) in [6.07, 6.45) is 3.76. The first-order chi connectivity index (χ1) is 18.2. The molecule has 2 aliphatic rings. The maximum absolute atomic E-state index is 13.4. The van der Waals surface area contributed by atoms with Crippen LogP contribution in [0, 0.1) is 11.8 Å². The first kappa shape index (κ1) is 28.1. The molecular weight excluding hydrogens is 482 g/mol. The third kappa shape index (κ3) is 7.80. The number of aromatic nitrogens is 1. The third-order valence-electron chi connectivity index (χ3n) is 7.51. The van der Waals surface area contributed by atoms with E-state index in [0.29, 0.717) is 37.0 Å². The number of hydrogen-bond acceptors (Lipinski definition) is 7. The Bertz CT molecular complexity index is 1090. The van der Waals surface area contributed by atoms with Crippen molar-refractivity contribution in [3.63, 3.8) is 0 Å². The predicted octanol–water partition coefficient (Wildman–Crippen LogP) is 3.41. The number of carbonyl (C=O) groups is 2. The molecule has 1 aromatic carbocycles. The number of nitrogens with zero attached hydrogens (tertiary/aromatic N) is 3. The van der Waals surface area contributed by atoms with E-state index in [0.717, 1.165) is 68.6 Å². The van der Waals surface area contributed by atoms with Gasteiger partial charge in [0.1, 0.15) is 11.4 Å². The molecule has 208 valence electrons. The molecule has 2 fully saturated rings. The van der Waals surface area contributed by atoms with Crippen LogP contribution in [-0.4, -0.2) is 85.0 Å². The Kier molecular flexibility index (Phi) is 9.44. The Hall–Kier alpha value is -2.91. The van der Waals surface area contributed by atoms with Crippen LogP contribution in [0.15, 0.2) is 30.3 Å². The second kappa shape index (κ2) is 12.8. The van der Waals surface area contributed by atoms with E-state index in [9.17, 15) is 14.7 Å². The second-order valence-corrected chi connectivity index (χ2v) is 11.6. The first-order valence-corrected chi connectivity index (χ1v) is 13.9. The normalized spacial score (nSPS) is 20.8. The van der Waals surface area contributed by atoms with Crippen molar-refractivity contribution in [1.82, 2.24) is 20.5 Å². The Morgan fingerprint density at radius 2 is 1.63 bits per heavy atom. The van der Waals surface area contributed by atoms with Crippen molar-refractivity contribution in [3.8, 4) is 0 Å². The van der Waals surface area contributed by atoms with Gasteiger partial charge in [-0.25, -0.2) is 9.78 Å². The zero-order valence-electron chi connectivity index (χ0n) is 23.0. The van der Waals surface area contributed by atoms with E-state index >= 15 is 0 Å². The molecule has 0 radical (unpaired) electrons. The molecule has 1 aromatic heterocycles. The highest BCUT2D eigenvalue weighted by Gasteiger charge is 2.25. The topological polar surface area (TPSA) is 107 Å². The van der Waals surface area contributed by atoms with Crippen LogP contribution in [0.4, 0.5) is 10.6 Å². The molecule has 1 saturated carbocycles. The number of nitrogens with one attached hydrogen (secondary N) is 2. The number of aliphatic hydroxyl groups excluding tert-OH is 1. The molecule has 0 spiro atoms. The van der Waals surface area contributed by atoms with Crippen LogP contribution in [0.1, 0.15) is 56.8 Å². The van der Waals surface area contributed by atoms with E-state index in [1.165, 1.54) is 0 Å². The maximum Gasteiger partial charge on any atom is 0.407 e. The zero-order chi connectivity index (χ0) is 27.1. The number of piperazine rings is 1. The summed E-state index contributed by atoms with van der Waals surface area (Å²) in [5.74, 6) is 1.65. The van der Waals surface area contributed by atoms with Crippen molar-refractivity contribution in [1.29, 1.82) is 0 Å². The average molecular weight is 526 g/mol. The van der Waals surface area contributed by atoms with Gasteiger partial charge in [0.2, 0.25) is 0 Å². The summed E-state index contributed by atoms with van der Waals surface area (Å²) in [6, 6.07) is 9.75. The Morgan fingerprint density at radius 3 is 2.26 bits per heavy atom. The average Bonchev–Trinajstić information content (AvgIpc) is 2.90. The molecule has 3 N–H and O–H groups in total. The number of pyridine rings is 1. The zero-order valence-corrected chi connectivity index (χ0v) is 23.0. The molecule has 1 saturated heterocycles. The summed E-state index contributed by atoms with van der Waals surface area (Å²) in [5.41, 5.74) is 1.00. The predicted molar refractivity (Wildman–Crippen MR) is 149 cm³/mol. The maximum atomic E-state index is 13.4. The number of β-amino-alcohol motifs (C(OH)–C–C–N with tert-alkyl or cyclic N) is 1. The van der Waals surface area contributed by atoms with Crippen LogP contribution < -0.4 is 15.5 Å². The number of fused-ring (bicyclic) bond motifs is 1. The molecule has 0 bridgehead atoms. The fourth-order valence-electron chi connectivity index (χ4n) is 5.37. The molecule has 4 rings (SSSR count). The Morgan fingerprint density at radius 1 is 1.00 bits per heavy atom. The number of anilines is 1. The fraction of sp³-hybridized carbons (Fsp3) is 0.621. The number of alkyl carbamates (subject to hydrolysis) is 1. The number of hydrogen-bond donors (Lipinski definition) is 3. The summed E-state index contributed by atoms with van der Waals surface area (Å²) in [7, 11) is 0. The molecule has 0 unspecified atom stereocenters. The number of para-hydroxylation sites is 1. The Labute approximate surface area is 225 Å². The summed E-state index contributed by atoms with van der Waals surface area (Å²) in [4.78, 5) is 34.6. The molecule has 38 heavy (non-hydrogen) atoms. The lowest BCUT2D eigenvalue weighted by Gasteiger charge is -2.35. The van der Waals surface area contributed by atoms with Gasteiger partial charge in [-0.3, -0.25) is 9.69 Å². The van der Waals surface area contributed by atoms with Crippen LogP contribution >= 0.6 is 0 Å². The van der Waals surface area contributed by atoms with Crippen LogP contribution in [0.25, 0.3) is 10.9 Å². The van der Waals surface area contributed by atoms with Crippen molar-refractivity contribution in [3.05, 3.63) is 35.9 Å². The lowest BCUT2D eigenvalue weighted by molar-refractivity contribution is 0.0512. The van der Waals surface area contributed by atoms with E-state index in [1.54, 1.807) is 0 Å². The lowest BCUT2D eigenvalue weighted by atomic mass is 9.82. The van der Waals surface area contributed by atoms with Crippen LogP contribution in [-0.2, 0) is 4.74 Å². The standard InChI is InChI=1S/C29H43N5O4/c1-29(2,3)38-28(37)31-20-22-10-8-21(9-11-22)19-30-27(36)24-18-26(32-25-7-5-4-6-23(24)25)34-14-12-33(13-15-34)16-17-35/h4-7,18,21-22,35H,8-17,19-20H2,1-3H3,(H,30,36)(H,31,37)/t21-,22-. The van der Waals surface area contributed by atoms with Crippen LogP contribution in [0.5, 0.6) is 0 Å². The lowest BCUT2D eigenvalue weighted by Crippen LogP contribution is -2.47. The van der Waals surface area contributed by atoms with Crippen molar-refractivity contribution in [2.75, 3.05) is 57.3 Å². The van der Waals surface area contributed by atoms with Crippen molar-refractivity contribution >= 4 is 28.7 Å². The minimum Gasteiger partial charge on any atom is -0.444 e. The van der Waals surface area contributed by atoms with E-state index in [2.05, 4.69) is 20.4 Å². The SMILES string of the molecule is CC(C)(C)OC(=O)NC[C@H]1CC[C@H](CNC(=O)c2cc(N3CCN(CCO)CC3)nc3ccccc23)CC1. The van der Waals surface area contributed by atoms with Gasteiger partial charge < -0.3 is 25.4 Å². The number of ether oxygens (including phenoxy) is 1. The van der Waals surface area contributed by atoms with Gasteiger partial charge in [0.05, 0.1) is 17.7 Å². The molecular formula is C29H43N5O4. The molecule has 2 amide bonds. The molecule has 9 nitrogen and oxygen atoms in total. The largest absolute Gasteiger partial charge is 0.444 e. The van der Waals surface area contributed by atoms with Crippen molar-refractivity contribution in [2.24, 2.45) is 11.8 Å². The van der Waals surface area contributed by atoms with E-state index in [-0.39, 0.29) is 18.6 Å². The van der Waals surface area contributed by atoms with Gasteiger partial charge in [-0.15, -0.1) is 0 Å². The van der Waals surface area contributed by atoms with Gasteiger partial charge in [0.15, 0.2) is 0 Å². The number of benzene rings is 1. The van der Waals surface area contributed by atoms with E-state index in [4.69, 9.17) is 9.72 Å². The molecule has 0 atom stereocenters. The van der Waals surface area contributed by atoms with Gasteiger partial charge in [0, 0.05) is 51.2 Å². The number of carbonyl (C=O) groups excluding carboxylic acids is 2. The van der Waals surface area contributed by atoms with Crippen LogP contribution in [0.3, 0.4) is 0 Å². The van der Waals surface area contributed by atoms with Gasteiger partial charge in [0.25, 0.3) is 5.91 Å². The van der Waals surface area contributed by atoms with Gasteiger partial charge in [-0.1, -0.05) is 18.2 Å². The number of rotatable bonds is 8. The van der Waals surface area contributed by atoms with Crippen molar-refractivity contribution < 1.29 is 19.4 Å². The first-order valence-electron chi connectivity index (χ1n) is 13.9. The summed E-state index contributed by atoms with van der Waals surface area (Å²) < 4.78 is 5.33. The molecule has 1 aliphatic heterocycles. The highest BCUT2D eigenvalue weighted by atomic mass is 16.6. The van der Waals surface area contributed by atoms with Crippen molar-refractivity contribution in [2.45, 2.75) is 52.1 Å². The Balaban J connectivity index is 1.31.